The molecule has 0 bridgehead atoms. The SMILES string of the molecule is CC(C)(C)OC(=O)N1CC(C2CCCCC2)C[C@H]1C(=O)O. The minimum Gasteiger partial charge on any atom is -0.480 e. The van der Waals surface area contributed by atoms with E-state index in [9.17, 15) is 14.7 Å². The van der Waals surface area contributed by atoms with Crippen LogP contribution in [0.4, 0.5) is 4.79 Å². The minimum absolute atomic E-state index is 0.305. The summed E-state index contributed by atoms with van der Waals surface area (Å²) in [4.78, 5) is 25.1. The van der Waals surface area contributed by atoms with E-state index in [1.165, 1.54) is 37.0 Å². The van der Waals surface area contributed by atoms with Crippen molar-refractivity contribution < 1.29 is 19.4 Å². The van der Waals surface area contributed by atoms with Gasteiger partial charge < -0.3 is 9.84 Å². The number of carbonyl (C=O) groups excluding carboxylic acids is 1. The van der Waals surface area contributed by atoms with Crippen molar-refractivity contribution in [2.24, 2.45) is 11.8 Å². The summed E-state index contributed by atoms with van der Waals surface area (Å²) >= 11 is 0. The molecule has 2 fully saturated rings. The van der Waals surface area contributed by atoms with Crippen LogP contribution in [0.3, 0.4) is 0 Å². The van der Waals surface area contributed by atoms with Crippen LogP contribution >= 0.6 is 0 Å². The Balaban J connectivity index is 2.04. The van der Waals surface area contributed by atoms with Gasteiger partial charge in [0.1, 0.15) is 11.6 Å². The maximum Gasteiger partial charge on any atom is 0.411 e. The second-order valence-corrected chi connectivity index (χ2v) is 7.38. The fraction of sp³-hybridized carbons (Fsp3) is 0.875. The van der Waals surface area contributed by atoms with Crippen LogP contribution in [0.5, 0.6) is 0 Å². The number of carboxylic acid groups (broad SMARTS) is 1. The van der Waals surface area contributed by atoms with Gasteiger partial charge in [0, 0.05) is 6.54 Å². The van der Waals surface area contributed by atoms with Gasteiger partial charge >= 0.3 is 12.1 Å². The van der Waals surface area contributed by atoms with Crippen molar-refractivity contribution in [2.45, 2.75) is 70.9 Å². The second-order valence-electron chi connectivity index (χ2n) is 7.38. The summed E-state index contributed by atoms with van der Waals surface area (Å²) in [5.41, 5.74) is -0.594. The number of carbonyl (C=O) groups is 2. The van der Waals surface area contributed by atoms with Gasteiger partial charge in [0.15, 0.2) is 0 Å². The third-order valence-electron chi connectivity index (χ3n) is 4.56. The van der Waals surface area contributed by atoms with Gasteiger partial charge in [-0.1, -0.05) is 32.1 Å². The fourth-order valence-corrected chi connectivity index (χ4v) is 3.57. The number of amides is 1. The molecule has 1 unspecified atom stereocenters. The second kappa shape index (κ2) is 6.24. The lowest BCUT2D eigenvalue weighted by Crippen LogP contribution is -2.43. The zero-order valence-corrected chi connectivity index (χ0v) is 13.3. The molecule has 1 amide bonds. The summed E-state index contributed by atoms with van der Waals surface area (Å²) in [6, 6.07) is -0.730. The highest BCUT2D eigenvalue weighted by atomic mass is 16.6. The molecule has 1 aliphatic heterocycles. The molecular weight excluding hydrogens is 270 g/mol. The summed E-state index contributed by atoms with van der Waals surface area (Å²) in [7, 11) is 0. The minimum atomic E-state index is -0.917. The number of rotatable bonds is 2. The van der Waals surface area contributed by atoms with E-state index < -0.39 is 23.7 Å². The number of likely N-dealkylation sites (tertiary alicyclic amines) is 1. The van der Waals surface area contributed by atoms with Gasteiger partial charge in [-0.15, -0.1) is 0 Å². The number of hydrogen-bond acceptors (Lipinski definition) is 3. The lowest BCUT2D eigenvalue weighted by atomic mass is 9.79. The zero-order valence-electron chi connectivity index (χ0n) is 13.3. The van der Waals surface area contributed by atoms with Crippen LogP contribution in [0.25, 0.3) is 0 Å². The van der Waals surface area contributed by atoms with Crippen LogP contribution in [0.2, 0.25) is 0 Å². The molecule has 5 nitrogen and oxygen atoms in total. The Hall–Kier alpha value is -1.26. The van der Waals surface area contributed by atoms with Crippen LogP contribution in [0, 0.1) is 11.8 Å². The number of aliphatic carboxylic acids is 1. The maximum atomic E-state index is 12.2. The lowest BCUT2D eigenvalue weighted by molar-refractivity contribution is -0.142. The van der Waals surface area contributed by atoms with E-state index in [1.807, 2.05) is 0 Å². The van der Waals surface area contributed by atoms with E-state index in [1.54, 1.807) is 20.8 Å². The van der Waals surface area contributed by atoms with Gasteiger partial charge in [-0.25, -0.2) is 9.59 Å². The molecule has 0 spiro atoms. The standard InChI is InChI=1S/C16H27NO4/c1-16(2,3)21-15(20)17-10-12(9-13(17)14(18)19)11-7-5-4-6-8-11/h11-13H,4-10H2,1-3H3,(H,18,19)/t12?,13-/m0/s1. The number of carboxylic acids is 1. The molecule has 0 radical (unpaired) electrons. The summed E-state index contributed by atoms with van der Waals surface area (Å²) < 4.78 is 5.36. The van der Waals surface area contributed by atoms with Gasteiger partial charge in [0.05, 0.1) is 0 Å². The van der Waals surface area contributed by atoms with Gasteiger partial charge in [-0.2, -0.15) is 0 Å². The molecule has 1 N–H and O–H groups in total. The highest BCUT2D eigenvalue weighted by molar-refractivity contribution is 5.81. The van der Waals surface area contributed by atoms with Crippen molar-refractivity contribution in [1.82, 2.24) is 4.90 Å². The quantitative estimate of drug-likeness (QED) is 0.849. The van der Waals surface area contributed by atoms with Crippen LogP contribution in [0.1, 0.15) is 59.3 Å². The number of hydrogen-bond donors (Lipinski definition) is 1. The zero-order chi connectivity index (χ0) is 15.6. The van der Waals surface area contributed by atoms with E-state index in [-0.39, 0.29) is 0 Å². The van der Waals surface area contributed by atoms with Crippen LogP contribution in [-0.2, 0) is 9.53 Å². The molecule has 2 aliphatic rings. The van der Waals surface area contributed by atoms with Gasteiger partial charge in [-0.05, 0) is 39.0 Å². The van der Waals surface area contributed by atoms with E-state index in [4.69, 9.17) is 4.74 Å². The van der Waals surface area contributed by atoms with Crippen molar-refractivity contribution in [1.29, 1.82) is 0 Å². The number of nitrogens with zero attached hydrogens (tertiary/aromatic N) is 1. The van der Waals surface area contributed by atoms with Gasteiger partial charge in [0.25, 0.3) is 0 Å². The first-order chi connectivity index (χ1) is 9.78. The molecule has 2 rings (SSSR count). The van der Waals surface area contributed by atoms with Crippen LogP contribution in [-0.4, -0.2) is 40.3 Å². The molecule has 5 heteroatoms. The summed E-state index contributed by atoms with van der Waals surface area (Å²) in [5.74, 6) is -0.0499. The summed E-state index contributed by atoms with van der Waals surface area (Å²) in [5, 5.41) is 9.40. The first-order valence-corrected chi connectivity index (χ1v) is 8.00. The van der Waals surface area contributed by atoms with Gasteiger partial charge in [-0.3, -0.25) is 4.90 Å². The van der Waals surface area contributed by atoms with E-state index in [2.05, 4.69) is 0 Å². The molecule has 120 valence electrons. The molecule has 0 aromatic heterocycles. The third-order valence-corrected chi connectivity index (χ3v) is 4.56. The highest BCUT2D eigenvalue weighted by Crippen LogP contribution is 2.38. The van der Waals surface area contributed by atoms with E-state index in [0.29, 0.717) is 24.8 Å². The molecule has 1 heterocycles. The topological polar surface area (TPSA) is 66.8 Å². The Morgan fingerprint density at radius 2 is 1.71 bits per heavy atom. The highest BCUT2D eigenvalue weighted by Gasteiger charge is 2.43. The Morgan fingerprint density at radius 1 is 1.10 bits per heavy atom. The third kappa shape index (κ3) is 4.11. The number of ether oxygens (including phenoxy) is 1. The van der Waals surface area contributed by atoms with E-state index in [0.717, 1.165) is 0 Å². The molecule has 2 atom stereocenters. The normalized spacial score (nSPS) is 27.7. The van der Waals surface area contributed by atoms with E-state index >= 15 is 0 Å². The Labute approximate surface area is 126 Å². The van der Waals surface area contributed by atoms with Crippen molar-refractivity contribution in [3.63, 3.8) is 0 Å². The molecule has 1 aliphatic carbocycles. The monoisotopic (exact) mass is 297 g/mol. The van der Waals surface area contributed by atoms with Crippen molar-refractivity contribution >= 4 is 12.1 Å². The summed E-state index contributed by atoms with van der Waals surface area (Å²) in [6.45, 7) is 5.93. The predicted molar refractivity (Wildman–Crippen MR) is 79.0 cm³/mol. The summed E-state index contributed by atoms with van der Waals surface area (Å²) in [6.07, 6.45) is 6.14. The van der Waals surface area contributed by atoms with Gasteiger partial charge in [0.2, 0.25) is 0 Å². The van der Waals surface area contributed by atoms with Crippen molar-refractivity contribution in [2.75, 3.05) is 6.54 Å². The van der Waals surface area contributed by atoms with Crippen LogP contribution in [0.15, 0.2) is 0 Å². The Kier molecular flexibility index (Phi) is 4.79. The molecule has 1 saturated heterocycles. The molecule has 0 aromatic rings. The lowest BCUT2D eigenvalue weighted by Gasteiger charge is -2.28. The largest absolute Gasteiger partial charge is 0.480 e. The maximum absolute atomic E-state index is 12.2. The predicted octanol–water partition coefficient (Wildman–Crippen LogP) is 3.28. The van der Waals surface area contributed by atoms with Crippen LogP contribution < -0.4 is 0 Å². The molecular formula is C16H27NO4. The first kappa shape index (κ1) is 16.1. The average molecular weight is 297 g/mol. The van der Waals surface area contributed by atoms with Crippen molar-refractivity contribution in [3.8, 4) is 0 Å². The fourth-order valence-electron chi connectivity index (χ4n) is 3.57. The molecule has 21 heavy (non-hydrogen) atoms. The first-order valence-electron chi connectivity index (χ1n) is 8.00. The Morgan fingerprint density at radius 3 is 2.24 bits per heavy atom. The Bertz CT molecular complexity index is 396. The van der Waals surface area contributed by atoms with Crippen molar-refractivity contribution in [3.05, 3.63) is 0 Å². The smallest absolute Gasteiger partial charge is 0.411 e. The molecule has 1 saturated carbocycles. The molecule has 0 aromatic carbocycles. The average Bonchev–Trinajstić information content (AvgIpc) is 2.83.